The summed E-state index contributed by atoms with van der Waals surface area (Å²) in [5.41, 5.74) is 7.97. The van der Waals surface area contributed by atoms with Gasteiger partial charge in [-0.05, 0) is 26.7 Å². The van der Waals surface area contributed by atoms with E-state index in [-0.39, 0.29) is 23.7 Å². The highest BCUT2D eigenvalue weighted by Crippen LogP contribution is 2.19. The molecule has 0 radical (unpaired) electrons. The fourth-order valence-electron chi connectivity index (χ4n) is 3.22. The van der Waals surface area contributed by atoms with Gasteiger partial charge in [-0.25, -0.2) is 4.98 Å². The van der Waals surface area contributed by atoms with Gasteiger partial charge in [0.25, 0.3) is 0 Å². The molecule has 1 saturated heterocycles. The Morgan fingerprint density at radius 1 is 1.30 bits per heavy atom. The molecule has 1 aliphatic heterocycles. The predicted molar refractivity (Wildman–Crippen MR) is 105 cm³/mol. The molecule has 1 aliphatic rings. The number of nitrogens with one attached hydrogen (secondary N) is 1. The molecule has 0 spiro atoms. The van der Waals surface area contributed by atoms with Crippen LogP contribution in [0.15, 0.2) is 30.5 Å². The zero-order chi connectivity index (χ0) is 19.4. The fourth-order valence-corrected chi connectivity index (χ4v) is 3.22. The molecular formula is C20H25N5O2. The van der Waals surface area contributed by atoms with E-state index in [1.165, 1.54) is 6.20 Å². The molecule has 27 heavy (non-hydrogen) atoms. The van der Waals surface area contributed by atoms with Crippen LogP contribution in [0.5, 0.6) is 0 Å². The van der Waals surface area contributed by atoms with Crippen LogP contribution in [0.25, 0.3) is 0 Å². The third-order valence-corrected chi connectivity index (χ3v) is 5.01. The summed E-state index contributed by atoms with van der Waals surface area (Å²) < 4.78 is 0. The number of aldehydes is 1. The normalized spacial score (nSPS) is 16.7. The molecule has 0 aliphatic carbocycles. The van der Waals surface area contributed by atoms with Crippen molar-refractivity contribution in [1.82, 2.24) is 14.9 Å². The van der Waals surface area contributed by atoms with Crippen LogP contribution < -0.4 is 11.1 Å². The lowest BCUT2D eigenvalue weighted by molar-refractivity contribution is -0.112. The first-order chi connectivity index (χ1) is 13.0. The maximum absolute atomic E-state index is 12.6. The summed E-state index contributed by atoms with van der Waals surface area (Å²) in [5.74, 6) is 0.412. The molecule has 1 unspecified atom stereocenters. The second-order valence-electron chi connectivity index (χ2n) is 7.02. The Labute approximate surface area is 159 Å². The molecule has 0 amide bonds. The van der Waals surface area contributed by atoms with Crippen molar-refractivity contribution in [2.45, 2.75) is 38.8 Å². The van der Waals surface area contributed by atoms with Crippen LogP contribution >= 0.6 is 0 Å². The molecule has 1 aromatic heterocycles. The van der Waals surface area contributed by atoms with Crippen LogP contribution in [0.3, 0.4) is 0 Å². The van der Waals surface area contributed by atoms with Crippen molar-refractivity contribution >= 4 is 23.8 Å². The van der Waals surface area contributed by atoms with Crippen LogP contribution in [0, 0.1) is 6.92 Å². The Kier molecular flexibility index (Phi) is 5.81. The number of aryl methyl sites for hydroxylation is 1. The number of anilines is 2. The van der Waals surface area contributed by atoms with Gasteiger partial charge in [-0.1, -0.05) is 29.8 Å². The van der Waals surface area contributed by atoms with E-state index in [2.05, 4.69) is 20.2 Å². The van der Waals surface area contributed by atoms with Crippen LogP contribution in [0.4, 0.5) is 11.8 Å². The van der Waals surface area contributed by atoms with Crippen molar-refractivity contribution in [1.29, 1.82) is 0 Å². The maximum Gasteiger partial charge on any atom is 0.224 e. The fraction of sp³-hybridized carbons (Fsp3) is 0.400. The van der Waals surface area contributed by atoms with Crippen molar-refractivity contribution in [3.05, 3.63) is 47.2 Å². The summed E-state index contributed by atoms with van der Waals surface area (Å²) >= 11 is 0. The number of likely N-dealkylation sites (tertiary alicyclic amines) is 1. The second kappa shape index (κ2) is 8.26. The van der Waals surface area contributed by atoms with Crippen LogP contribution in [0.2, 0.25) is 0 Å². The summed E-state index contributed by atoms with van der Waals surface area (Å²) in [4.78, 5) is 34.2. The quantitative estimate of drug-likeness (QED) is 0.595. The summed E-state index contributed by atoms with van der Waals surface area (Å²) in [5, 5.41) is 3.28. The Bertz CT molecular complexity index is 814. The number of ketones is 1. The lowest BCUT2D eigenvalue weighted by Crippen LogP contribution is -2.44. The molecule has 3 N–H and O–H groups in total. The van der Waals surface area contributed by atoms with Crippen molar-refractivity contribution in [3.63, 3.8) is 0 Å². The summed E-state index contributed by atoms with van der Waals surface area (Å²) in [6, 6.07) is 7.49. The molecule has 142 valence electrons. The standard InChI is InChI=1S/C20H25N5O2/c1-13-3-5-15(6-4-13)18(27)17-11-22-20(24-19(17)21)23-16-7-9-25(10-8-16)14(2)12-26/h3-6,11-12,14,16H,7-10H2,1-2H3,(H3,21,22,23,24). The van der Waals surface area contributed by atoms with Crippen molar-refractivity contribution in [2.75, 3.05) is 24.1 Å². The predicted octanol–water partition coefficient (Wildman–Crippen LogP) is 2.06. The van der Waals surface area contributed by atoms with Crippen molar-refractivity contribution in [3.8, 4) is 0 Å². The smallest absolute Gasteiger partial charge is 0.224 e. The summed E-state index contributed by atoms with van der Waals surface area (Å²) in [6.07, 6.45) is 4.24. The maximum atomic E-state index is 12.6. The Morgan fingerprint density at radius 3 is 2.56 bits per heavy atom. The number of nitrogens with zero attached hydrogens (tertiary/aromatic N) is 3. The minimum atomic E-state index is -0.185. The number of nitrogens with two attached hydrogens (primary N) is 1. The van der Waals surface area contributed by atoms with Gasteiger partial charge in [-0.2, -0.15) is 4.98 Å². The zero-order valence-electron chi connectivity index (χ0n) is 15.7. The molecule has 0 saturated carbocycles. The first kappa shape index (κ1) is 19.0. The molecule has 1 atom stereocenters. The van der Waals surface area contributed by atoms with Gasteiger partial charge >= 0.3 is 0 Å². The third kappa shape index (κ3) is 4.49. The number of nitrogen functional groups attached to an aromatic ring is 1. The molecular weight excluding hydrogens is 342 g/mol. The highest BCUT2D eigenvalue weighted by atomic mass is 16.1. The largest absolute Gasteiger partial charge is 0.383 e. The molecule has 3 rings (SSSR count). The molecule has 2 aromatic rings. The van der Waals surface area contributed by atoms with Crippen LogP contribution in [-0.2, 0) is 4.79 Å². The van der Waals surface area contributed by atoms with Crippen LogP contribution in [0.1, 0.15) is 41.3 Å². The van der Waals surface area contributed by atoms with E-state index in [0.717, 1.165) is 37.8 Å². The van der Waals surface area contributed by atoms with Crippen molar-refractivity contribution < 1.29 is 9.59 Å². The number of carbonyl (C=O) groups is 2. The van der Waals surface area contributed by atoms with Gasteiger partial charge in [0.15, 0.2) is 5.78 Å². The second-order valence-corrected chi connectivity index (χ2v) is 7.02. The number of benzene rings is 1. The number of aromatic nitrogens is 2. The highest BCUT2D eigenvalue weighted by molar-refractivity contribution is 6.11. The Morgan fingerprint density at radius 2 is 1.96 bits per heavy atom. The number of piperidine rings is 1. The molecule has 1 aromatic carbocycles. The molecule has 0 bridgehead atoms. The SMILES string of the molecule is Cc1ccc(C(=O)c2cnc(NC3CCN(C(C)C=O)CC3)nc2N)cc1. The van der Waals surface area contributed by atoms with Crippen LogP contribution in [-0.4, -0.2) is 52.1 Å². The van der Waals surface area contributed by atoms with Gasteiger partial charge in [0.2, 0.25) is 5.95 Å². The van der Waals surface area contributed by atoms with Gasteiger partial charge < -0.3 is 15.8 Å². The third-order valence-electron chi connectivity index (χ3n) is 5.01. The zero-order valence-corrected chi connectivity index (χ0v) is 15.7. The molecule has 7 heteroatoms. The number of hydrogen-bond donors (Lipinski definition) is 2. The average molecular weight is 367 g/mol. The van der Waals surface area contributed by atoms with Gasteiger partial charge in [0, 0.05) is 30.9 Å². The minimum absolute atomic E-state index is 0.0510. The van der Waals surface area contributed by atoms with E-state index < -0.39 is 0 Å². The minimum Gasteiger partial charge on any atom is -0.383 e. The highest BCUT2D eigenvalue weighted by Gasteiger charge is 2.23. The first-order valence-electron chi connectivity index (χ1n) is 9.17. The van der Waals surface area contributed by atoms with E-state index in [9.17, 15) is 9.59 Å². The van der Waals surface area contributed by atoms with E-state index in [1.54, 1.807) is 12.1 Å². The molecule has 7 nitrogen and oxygen atoms in total. The van der Waals surface area contributed by atoms with E-state index >= 15 is 0 Å². The van der Waals surface area contributed by atoms with Gasteiger partial charge in [-0.3, -0.25) is 9.69 Å². The Hall–Kier alpha value is -2.80. The lowest BCUT2D eigenvalue weighted by Gasteiger charge is -2.34. The summed E-state index contributed by atoms with van der Waals surface area (Å²) in [6.45, 7) is 5.57. The van der Waals surface area contributed by atoms with E-state index in [4.69, 9.17) is 5.73 Å². The van der Waals surface area contributed by atoms with Gasteiger partial charge in [0.05, 0.1) is 11.6 Å². The van der Waals surface area contributed by atoms with Crippen molar-refractivity contribution in [2.24, 2.45) is 0 Å². The van der Waals surface area contributed by atoms with E-state index in [1.807, 2.05) is 26.0 Å². The summed E-state index contributed by atoms with van der Waals surface area (Å²) in [7, 11) is 0. The van der Waals surface area contributed by atoms with E-state index in [0.29, 0.717) is 17.1 Å². The molecule has 1 fully saturated rings. The lowest BCUT2D eigenvalue weighted by atomic mass is 10.0. The topological polar surface area (TPSA) is 101 Å². The number of rotatable bonds is 6. The molecule has 2 heterocycles. The monoisotopic (exact) mass is 367 g/mol. The first-order valence-corrected chi connectivity index (χ1v) is 9.17. The van der Waals surface area contributed by atoms with Gasteiger partial charge in [-0.15, -0.1) is 0 Å². The Balaban J connectivity index is 1.64. The number of hydrogen-bond acceptors (Lipinski definition) is 7. The average Bonchev–Trinajstić information content (AvgIpc) is 2.68. The number of carbonyl (C=O) groups excluding carboxylic acids is 2. The van der Waals surface area contributed by atoms with Gasteiger partial charge in [0.1, 0.15) is 12.1 Å².